The first-order valence-electron chi connectivity index (χ1n) is 12.6. The lowest BCUT2D eigenvalue weighted by atomic mass is 10.1. The second-order valence-electron chi connectivity index (χ2n) is 9.35. The molecule has 41 heavy (non-hydrogen) atoms. The van der Waals surface area contributed by atoms with Gasteiger partial charge < -0.3 is 10.1 Å². The number of anilines is 3. The molecule has 0 radical (unpaired) electrons. The fourth-order valence-corrected chi connectivity index (χ4v) is 7.11. The molecule has 9 nitrogen and oxygen atoms in total. The van der Waals surface area contributed by atoms with E-state index in [1.54, 1.807) is 30.3 Å². The minimum Gasteiger partial charge on any atom is -0.484 e. The van der Waals surface area contributed by atoms with Crippen LogP contribution >= 0.6 is 11.6 Å². The summed E-state index contributed by atoms with van der Waals surface area (Å²) in [4.78, 5) is 12.8. The lowest BCUT2D eigenvalue weighted by molar-refractivity contribution is -0.118. The molecule has 1 aliphatic heterocycles. The highest BCUT2D eigenvalue weighted by molar-refractivity contribution is 7.93. The van der Waals surface area contributed by atoms with Gasteiger partial charge in [0.25, 0.3) is 26.0 Å². The molecular formula is C29H26ClN3O6S2. The molecule has 0 spiro atoms. The number of rotatable bonds is 9. The van der Waals surface area contributed by atoms with E-state index in [4.69, 9.17) is 16.3 Å². The molecule has 0 unspecified atom stereocenters. The number of hydrogen-bond acceptors (Lipinski definition) is 6. The highest BCUT2D eigenvalue weighted by atomic mass is 35.5. The Bertz CT molecular complexity index is 1810. The van der Waals surface area contributed by atoms with E-state index < -0.39 is 26.0 Å². The van der Waals surface area contributed by atoms with Crippen LogP contribution in [0.2, 0.25) is 5.02 Å². The van der Waals surface area contributed by atoms with Crippen molar-refractivity contribution in [2.75, 3.05) is 27.5 Å². The summed E-state index contributed by atoms with van der Waals surface area (Å²) in [6.07, 6.45) is 0.547. The van der Waals surface area contributed by atoms with E-state index in [1.165, 1.54) is 52.8 Å². The molecule has 0 atom stereocenters. The lowest BCUT2D eigenvalue weighted by Crippen LogP contribution is -2.29. The van der Waals surface area contributed by atoms with Gasteiger partial charge in [-0.1, -0.05) is 35.9 Å². The first-order valence-corrected chi connectivity index (χ1v) is 15.9. The lowest BCUT2D eigenvalue weighted by Gasteiger charge is -2.20. The topological polar surface area (TPSA) is 122 Å². The number of ether oxygens (including phenoxy) is 1. The van der Waals surface area contributed by atoms with Gasteiger partial charge in [-0.05, 0) is 91.2 Å². The van der Waals surface area contributed by atoms with Crippen molar-refractivity contribution in [2.24, 2.45) is 0 Å². The molecule has 4 aromatic carbocycles. The third-order valence-electron chi connectivity index (χ3n) is 6.52. The molecule has 0 bridgehead atoms. The van der Waals surface area contributed by atoms with Gasteiger partial charge >= 0.3 is 0 Å². The van der Waals surface area contributed by atoms with Crippen molar-refractivity contribution in [1.82, 2.24) is 0 Å². The van der Waals surface area contributed by atoms with Crippen molar-refractivity contribution in [3.05, 3.63) is 107 Å². The predicted octanol–water partition coefficient (Wildman–Crippen LogP) is 5.22. The van der Waals surface area contributed by atoms with Crippen LogP contribution in [0, 0.1) is 6.92 Å². The molecule has 0 fully saturated rings. The number of aryl methyl sites for hydroxylation is 1. The quantitative estimate of drug-likeness (QED) is 0.268. The summed E-state index contributed by atoms with van der Waals surface area (Å²) in [5.41, 5.74) is 3.04. The van der Waals surface area contributed by atoms with E-state index in [2.05, 4.69) is 10.0 Å². The summed E-state index contributed by atoms with van der Waals surface area (Å²) in [6.45, 7) is 1.76. The minimum atomic E-state index is -3.80. The molecular weight excluding hydrogens is 586 g/mol. The number of carbonyl (C=O) groups excluding carboxylic acids is 1. The van der Waals surface area contributed by atoms with Gasteiger partial charge in [-0.15, -0.1) is 0 Å². The van der Waals surface area contributed by atoms with Crippen LogP contribution in [0.5, 0.6) is 5.75 Å². The number of hydrogen-bond donors (Lipinski definition) is 2. The van der Waals surface area contributed by atoms with Gasteiger partial charge in [-0.3, -0.25) is 13.8 Å². The molecule has 212 valence electrons. The molecule has 5 rings (SSSR count). The van der Waals surface area contributed by atoms with Gasteiger partial charge in [-0.2, -0.15) is 0 Å². The van der Waals surface area contributed by atoms with Gasteiger partial charge in [0.15, 0.2) is 6.61 Å². The van der Waals surface area contributed by atoms with E-state index in [9.17, 15) is 21.6 Å². The van der Waals surface area contributed by atoms with Gasteiger partial charge in [0.1, 0.15) is 5.75 Å². The molecule has 0 aromatic heterocycles. The van der Waals surface area contributed by atoms with Gasteiger partial charge in [-0.25, -0.2) is 16.8 Å². The smallest absolute Gasteiger partial charge is 0.264 e. The number of benzene rings is 4. The molecule has 2 N–H and O–H groups in total. The molecule has 0 aliphatic carbocycles. The molecule has 4 aromatic rings. The summed E-state index contributed by atoms with van der Waals surface area (Å²) in [7, 11) is -7.61. The van der Waals surface area contributed by atoms with Gasteiger partial charge in [0, 0.05) is 17.3 Å². The zero-order valence-electron chi connectivity index (χ0n) is 21.9. The number of halogens is 1. The van der Waals surface area contributed by atoms with E-state index in [1.807, 2.05) is 19.1 Å². The first kappa shape index (κ1) is 28.5. The van der Waals surface area contributed by atoms with Crippen LogP contribution in [0.25, 0.3) is 0 Å². The van der Waals surface area contributed by atoms with Crippen molar-refractivity contribution < 1.29 is 26.4 Å². The largest absolute Gasteiger partial charge is 0.484 e. The summed E-state index contributed by atoms with van der Waals surface area (Å²) >= 11 is 5.91. The number of para-hydroxylation sites is 1. The summed E-state index contributed by atoms with van der Waals surface area (Å²) < 4.78 is 61.3. The van der Waals surface area contributed by atoms with Crippen LogP contribution in [-0.4, -0.2) is 35.9 Å². The summed E-state index contributed by atoms with van der Waals surface area (Å²) in [5.74, 6) is -0.155. The SMILES string of the molecule is Cc1ccccc1NS(=O)(=O)c1ccc(OCC(=O)Nc2ccc3c(c2)N(S(=O)(=O)c2ccc(Cl)cc2)CC3)cc1. The van der Waals surface area contributed by atoms with Crippen molar-refractivity contribution in [3.63, 3.8) is 0 Å². The third-order valence-corrected chi connectivity index (χ3v) is 9.98. The summed E-state index contributed by atoms with van der Waals surface area (Å²) in [5, 5.41) is 3.16. The van der Waals surface area contributed by atoms with Crippen molar-refractivity contribution >= 4 is 54.6 Å². The molecule has 1 aliphatic rings. The van der Waals surface area contributed by atoms with Gasteiger partial charge in [0.05, 0.1) is 21.2 Å². The van der Waals surface area contributed by atoms with E-state index >= 15 is 0 Å². The number of amides is 1. The fraction of sp³-hybridized carbons (Fsp3) is 0.138. The van der Waals surface area contributed by atoms with Crippen LogP contribution in [0.15, 0.2) is 101 Å². The van der Waals surface area contributed by atoms with Crippen molar-refractivity contribution in [2.45, 2.75) is 23.1 Å². The second-order valence-corrected chi connectivity index (χ2v) is 13.3. The molecule has 0 saturated carbocycles. The standard InChI is InChI=1S/C29H26ClN3O6S2/c1-20-4-2-3-5-27(20)32-40(35,36)25-14-10-24(11-15-25)39-19-29(34)31-23-9-6-21-16-17-33(28(21)18-23)41(37,38)26-12-7-22(30)8-13-26/h2-15,18,32H,16-17,19H2,1H3,(H,31,34). The zero-order chi connectivity index (χ0) is 29.2. The minimum absolute atomic E-state index is 0.0498. The molecule has 1 heterocycles. The predicted molar refractivity (Wildman–Crippen MR) is 159 cm³/mol. The van der Waals surface area contributed by atoms with Crippen molar-refractivity contribution in [3.8, 4) is 5.75 Å². The maximum Gasteiger partial charge on any atom is 0.264 e. The third kappa shape index (κ3) is 6.32. The number of nitrogens with zero attached hydrogens (tertiary/aromatic N) is 1. The van der Waals surface area contributed by atoms with E-state index in [0.717, 1.165) is 11.1 Å². The van der Waals surface area contributed by atoms with Crippen LogP contribution in [0.3, 0.4) is 0 Å². The Morgan fingerprint density at radius 2 is 1.59 bits per heavy atom. The average Bonchev–Trinajstić information content (AvgIpc) is 3.38. The van der Waals surface area contributed by atoms with Crippen LogP contribution in [0.1, 0.15) is 11.1 Å². The Balaban J connectivity index is 1.21. The Morgan fingerprint density at radius 1 is 0.902 bits per heavy atom. The first-order chi connectivity index (χ1) is 19.5. The number of nitrogens with one attached hydrogen (secondary N) is 2. The summed E-state index contributed by atoms with van der Waals surface area (Å²) in [6, 6.07) is 23.9. The van der Waals surface area contributed by atoms with Gasteiger partial charge in [0.2, 0.25) is 0 Å². The highest BCUT2D eigenvalue weighted by Crippen LogP contribution is 2.35. The molecule has 1 amide bonds. The average molecular weight is 612 g/mol. The maximum atomic E-state index is 13.2. The van der Waals surface area contributed by atoms with Crippen LogP contribution in [0.4, 0.5) is 17.1 Å². The second kappa shape index (κ2) is 11.4. The van der Waals surface area contributed by atoms with E-state index in [-0.39, 0.29) is 22.9 Å². The van der Waals surface area contributed by atoms with Crippen LogP contribution in [-0.2, 0) is 31.3 Å². The van der Waals surface area contributed by atoms with E-state index in [0.29, 0.717) is 34.3 Å². The number of carbonyl (C=O) groups is 1. The number of fused-ring (bicyclic) bond motifs is 1. The number of sulfonamides is 2. The van der Waals surface area contributed by atoms with Crippen LogP contribution < -0.4 is 19.1 Å². The highest BCUT2D eigenvalue weighted by Gasteiger charge is 2.31. The van der Waals surface area contributed by atoms with Crippen molar-refractivity contribution in [1.29, 1.82) is 0 Å². The molecule has 12 heteroatoms. The normalized spacial score (nSPS) is 13.0. The maximum absolute atomic E-state index is 13.2. The molecule has 0 saturated heterocycles. The Hall–Kier alpha value is -4.06. The zero-order valence-corrected chi connectivity index (χ0v) is 24.3. The Morgan fingerprint density at radius 3 is 2.29 bits per heavy atom. The Labute approximate surface area is 243 Å². The monoisotopic (exact) mass is 611 g/mol. The fourth-order valence-electron chi connectivity index (χ4n) is 4.36. The Kier molecular flexibility index (Phi) is 7.94.